The number of benzene rings is 2. The molecule has 0 saturated carbocycles. The van der Waals surface area contributed by atoms with Crippen LogP contribution < -0.4 is 15.5 Å². The van der Waals surface area contributed by atoms with E-state index in [0.29, 0.717) is 74.3 Å². The van der Waals surface area contributed by atoms with Gasteiger partial charge in [-0.05, 0) is 44.2 Å². The molecule has 36 heavy (non-hydrogen) atoms. The first-order valence-electron chi connectivity index (χ1n) is 12.2. The molecule has 0 atom stereocenters. The van der Waals surface area contributed by atoms with Crippen LogP contribution in [0.2, 0.25) is 5.02 Å². The fourth-order valence-corrected chi connectivity index (χ4v) is 4.55. The Morgan fingerprint density at radius 1 is 0.889 bits per heavy atom. The number of nitrogens with zero attached hydrogens (tertiary/aromatic N) is 3. The molecule has 0 spiro atoms. The first kappa shape index (κ1) is 25.8. The van der Waals surface area contributed by atoms with E-state index < -0.39 is 0 Å². The molecule has 2 aromatic carbocycles. The average molecular weight is 514 g/mol. The van der Waals surface area contributed by atoms with E-state index in [1.807, 2.05) is 19.9 Å². The lowest BCUT2D eigenvalue weighted by Crippen LogP contribution is -2.53. The molecule has 2 heterocycles. The predicted molar refractivity (Wildman–Crippen MR) is 140 cm³/mol. The van der Waals surface area contributed by atoms with Crippen molar-refractivity contribution in [1.82, 2.24) is 15.1 Å². The topological polar surface area (TPSA) is 94.2 Å². The zero-order chi connectivity index (χ0) is 25.7. The van der Waals surface area contributed by atoms with Gasteiger partial charge < -0.3 is 30.1 Å². The van der Waals surface area contributed by atoms with Crippen molar-refractivity contribution in [2.24, 2.45) is 0 Å². The molecular weight excluding hydrogens is 482 g/mol. The molecule has 2 aromatic rings. The molecular formula is C26H32ClN5O4. The Balaban J connectivity index is 1.56. The Labute approximate surface area is 216 Å². The number of morpholine rings is 1. The lowest BCUT2D eigenvalue weighted by atomic mass is 10.1. The van der Waals surface area contributed by atoms with E-state index in [9.17, 15) is 14.4 Å². The van der Waals surface area contributed by atoms with E-state index in [1.54, 1.807) is 46.2 Å². The van der Waals surface area contributed by atoms with E-state index in [1.165, 1.54) is 0 Å². The van der Waals surface area contributed by atoms with Gasteiger partial charge in [0.15, 0.2) is 0 Å². The van der Waals surface area contributed by atoms with Crippen LogP contribution in [0.4, 0.5) is 16.2 Å². The van der Waals surface area contributed by atoms with Gasteiger partial charge in [0, 0.05) is 56.7 Å². The number of hydrogen-bond acceptors (Lipinski definition) is 5. The van der Waals surface area contributed by atoms with Gasteiger partial charge in [-0.1, -0.05) is 23.7 Å². The summed E-state index contributed by atoms with van der Waals surface area (Å²) in [5, 5.41) is 6.16. The minimum absolute atomic E-state index is 0.0711. The zero-order valence-electron chi connectivity index (χ0n) is 20.6. The summed E-state index contributed by atoms with van der Waals surface area (Å²) in [6.07, 6.45) is 0. The second-order valence-corrected chi connectivity index (χ2v) is 9.56. The normalized spacial score (nSPS) is 16.2. The van der Waals surface area contributed by atoms with Crippen molar-refractivity contribution in [2.45, 2.75) is 19.9 Å². The highest BCUT2D eigenvalue weighted by Crippen LogP contribution is 2.28. The predicted octanol–water partition coefficient (Wildman–Crippen LogP) is 3.30. The standard InChI is InChI=1S/C26H32ClN5O4/c1-18(2)28-26(35)32-11-9-30(10-12-32)23-8-7-19(29-24(33)20-5-3-4-6-22(20)27)17-21(23)25(34)31-13-15-36-16-14-31/h3-8,17-18H,9-16H2,1-2H3,(H,28,35)(H,29,33). The summed E-state index contributed by atoms with van der Waals surface area (Å²) >= 11 is 6.18. The SMILES string of the molecule is CC(C)NC(=O)N1CCN(c2ccc(NC(=O)c3ccccc3Cl)cc2C(=O)N2CCOCC2)CC1. The molecule has 0 bridgehead atoms. The van der Waals surface area contributed by atoms with E-state index >= 15 is 0 Å². The number of carbonyl (C=O) groups is 3. The van der Waals surface area contributed by atoms with E-state index in [-0.39, 0.29) is 23.9 Å². The molecule has 2 N–H and O–H groups in total. The third-order valence-electron chi connectivity index (χ3n) is 6.22. The molecule has 0 radical (unpaired) electrons. The highest BCUT2D eigenvalue weighted by molar-refractivity contribution is 6.34. The lowest BCUT2D eigenvalue weighted by Gasteiger charge is -2.37. The summed E-state index contributed by atoms with van der Waals surface area (Å²) in [7, 11) is 0. The number of anilines is 2. The molecule has 10 heteroatoms. The van der Waals surface area contributed by atoms with Crippen LogP contribution in [0.25, 0.3) is 0 Å². The van der Waals surface area contributed by atoms with Gasteiger partial charge in [-0.3, -0.25) is 9.59 Å². The average Bonchev–Trinajstić information content (AvgIpc) is 2.88. The number of urea groups is 1. The number of nitrogens with one attached hydrogen (secondary N) is 2. The minimum Gasteiger partial charge on any atom is -0.378 e. The third-order valence-corrected chi connectivity index (χ3v) is 6.55. The van der Waals surface area contributed by atoms with Gasteiger partial charge in [0.2, 0.25) is 0 Å². The largest absolute Gasteiger partial charge is 0.378 e. The molecule has 0 aromatic heterocycles. The quantitative estimate of drug-likeness (QED) is 0.639. The lowest BCUT2D eigenvalue weighted by molar-refractivity contribution is 0.0303. The van der Waals surface area contributed by atoms with E-state index in [2.05, 4.69) is 15.5 Å². The summed E-state index contributed by atoms with van der Waals surface area (Å²) in [6.45, 7) is 8.17. The van der Waals surface area contributed by atoms with Gasteiger partial charge in [0.05, 0.1) is 29.4 Å². The Morgan fingerprint density at radius 3 is 2.25 bits per heavy atom. The fraction of sp³-hybridized carbons (Fsp3) is 0.423. The van der Waals surface area contributed by atoms with Crippen molar-refractivity contribution in [1.29, 1.82) is 0 Å². The van der Waals surface area contributed by atoms with Crippen LogP contribution in [-0.4, -0.2) is 86.2 Å². The molecule has 4 rings (SSSR count). The molecule has 9 nitrogen and oxygen atoms in total. The first-order valence-corrected chi connectivity index (χ1v) is 12.6. The molecule has 192 valence electrons. The molecule has 2 saturated heterocycles. The van der Waals surface area contributed by atoms with Gasteiger partial charge in [-0.25, -0.2) is 4.79 Å². The summed E-state index contributed by atoms with van der Waals surface area (Å²) in [5.41, 5.74) is 2.16. The summed E-state index contributed by atoms with van der Waals surface area (Å²) in [5.74, 6) is -0.454. The number of rotatable bonds is 5. The van der Waals surface area contributed by atoms with Crippen molar-refractivity contribution < 1.29 is 19.1 Å². The summed E-state index contributed by atoms with van der Waals surface area (Å²) in [4.78, 5) is 44.4. The second kappa shape index (κ2) is 11.6. The van der Waals surface area contributed by atoms with Crippen molar-refractivity contribution in [3.63, 3.8) is 0 Å². The van der Waals surface area contributed by atoms with Gasteiger partial charge >= 0.3 is 6.03 Å². The number of carbonyl (C=O) groups excluding carboxylic acids is 3. The Hall–Kier alpha value is -3.30. The van der Waals surface area contributed by atoms with E-state index in [4.69, 9.17) is 16.3 Å². The Morgan fingerprint density at radius 2 is 1.58 bits per heavy atom. The number of halogens is 1. The van der Waals surface area contributed by atoms with Gasteiger partial charge in [-0.2, -0.15) is 0 Å². The number of piperazine rings is 1. The van der Waals surface area contributed by atoms with Gasteiger partial charge in [0.25, 0.3) is 11.8 Å². The van der Waals surface area contributed by atoms with Crippen LogP contribution in [0, 0.1) is 0 Å². The van der Waals surface area contributed by atoms with Crippen molar-refractivity contribution >= 4 is 40.8 Å². The van der Waals surface area contributed by atoms with Crippen LogP contribution in [-0.2, 0) is 4.74 Å². The van der Waals surface area contributed by atoms with Crippen LogP contribution in [0.5, 0.6) is 0 Å². The monoisotopic (exact) mass is 513 g/mol. The van der Waals surface area contributed by atoms with Crippen molar-refractivity contribution in [3.05, 3.63) is 58.6 Å². The summed E-state index contributed by atoms with van der Waals surface area (Å²) in [6, 6.07) is 12.2. The van der Waals surface area contributed by atoms with E-state index in [0.717, 1.165) is 5.69 Å². The number of ether oxygens (including phenoxy) is 1. The maximum absolute atomic E-state index is 13.6. The molecule has 2 aliphatic rings. The smallest absolute Gasteiger partial charge is 0.317 e. The van der Waals surface area contributed by atoms with Crippen molar-refractivity contribution in [3.8, 4) is 0 Å². The minimum atomic E-state index is -0.345. The maximum atomic E-state index is 13.6. The second-order valence-electron chi connectivity index (χ2n) is 9.15. The summed E-state index contributed by atoms with van der Waals surface area (Å²) < 4.78 is 5.41. The van der Waals surface area contributed by atoms with Crippen LogP contribution in [0.15, 0.2) is 42.5 Å². The third kappa shape index (κ3) is 6.09. The zero-order valence-corrected chi connectivity index (χ0v) is 21.4. The van der Waals surface area contributed by atoms with Gasteiger partial charge in [0.1, 0.15) is 0 Å². The molecule has 0 unspecified atom stereocenters. The Kier molecular flexibility index (Phi) is 8.32. The molecule has 2 fully saturated rings. The molecule has 4 amide bonds. The molecule has 2 aliphatic heterocycles. The van der Waals surface area contributed by atoms with Gasteiger partial charge in [-0.15, -0.1) is 0 Å². The van der Waals surface area contributed by atoms with Crippen LogP contribution in [0.3, 0.4) is 0 Å². The van der Waals surface area contributed by atoms with Crippen LogP contribution in [0.1, 0.15) is 34.6 Å². The van der Waals surface area contributed by atoms with Crippen LogP contribution >= 0.6 is 11.6 Å². The van der Waals surface area contributed by atoms with Crippen molar-refractivity contribution in [2.75, 3.05) is 62.7 Å². The molecule has 0 aliphatic carbocycles. The Bertz CT molecular complexity index is 1110. The fourth-order valence-electron chi connectivity index (χ4n) is 4.33. The maximum Gasteiger partial charge on any atom is 0.317 e. The first-order chi connectivity index (χ1) is 17.3. The highest BCUT2D eigenvalue weighted by atomic mass is 35.5. The number of amides is 4. The highest BCUT2D eigenvalue weighted by Gasteiger charge is 2.27. The number of hydrogen-bond donors (Lipinski definition) is 2.